The standard InChI is InChI=1S/C14H16O2/c15-12-6-8-14(9-7-12)10-13(16-14)11-4-2-1-3-5-11/h1-5,13H,6-10H2/t13-/m1/s1. The van der Waals surface area contributed by atoms with Gasteiger partial charge in [0.2, 0.25) is 0 Å². The summed E-state index contributed by atoms with van der Waals surface area (Å²) in [6.45, 7) is 0. The zero-order valence-electron chi connectivity index (χ0n) is 9.32. The number of ketones is 1. The number of benzene rings is 1. The van der Waals surface area contributed by atoms with Gasteiger partial charge >= 0.3 is 0 Å². The molecule has 1 atom stereocenters. The molecule has 1 aromatic rings. The molecule has 84 valence electrons. The van der Waals surface area contributed by atoms with Crippen molar-refractivity contribution in [1.29, 1.82) is 0 Å². The maximum atomic E-state index is 11.2. The van der Waals surface area contributed by atoms with Gasteiger partial charge in [-0.25, -0.2) is 0 Å². The van der Waals surface area contributed by atoms with Gasteiger partial charge in [0.05, 0.1) is 11.7 Å². The molecule has 1 aliphatic carbocycles. The van der Waals surface area contributed by atoms with Crippen LogP contribution in [0.5, 0.6) is 0 Å². The van der Waals surface area contributed by atoms with Crippen LogP contribution in [0.4, 0.5) is 0 Å². The quantitative estimate of drug-likeness (QED) is 0.721. The highest BCUT2D eigenvalue weighted by Crippen LogP contribution is 2.50. The van der Waals surface area contributed by atoms with Gasteiger partial charge in [-0.15, -0.1) is 0 Å². The van der Waals surface area contributed by atoms with Gasteiger partial charge in [-0.1, -0.05) is 30.3 Å². The van der Waals surface area contributed by atoms with Crippen molar-refractivity contribution < 1.29 is 9.53 Å². The molecule has 0 unspecified atom stereocenters. The van der Waals surface area contributed by atoms with Gasteiger partial charge in [0.25, 0.3) is 0 Å². The lowest BCUT2D eigenvalue weighted by Gasteiger charge is -2.50. The van der Waals surface area contributed by atoms with Crippen LogP contribution in [0.15, 0.2) is 30.3 Å². The van der Waals surface area contributed by atoms with E-state index >= 15 is 0 Å². The lowest BCUT2D eigenvalue weighted by Crippen LogP contribution is -2.48. The van der Waals surface area contributed by atoms with Gasteiger partial charge in [0, 0.05) is 19.3 Å². The number of rotatable bonds is 1. The van der Waals surface area contributed by atoms with E-state index in [0.717, 1.165) is 19.3 Å². The molecule has 1 aliphatic heterocycles. The summed E-state index contributed by atoms with van der Waals surface area (Å²) in [7, 11) is 0. The number of ether oxygens (including phenoxy) is 1. The van der Waals surface area contributed by atoms with E-state index in [0.29, 0.717) is 18.6 Å². The molecule has 1 saturated carbocycles. The maximum absolute atomic E-state index is 11.2. The predicted molar refractivity (Wildman–Crippen MR) is 61.1 cm³/mol. The van der Waals surface area contributed by atoms with Gasteiger partial charge in [0.15, 0.2) is 0 Å². The van der Waals surface area contributed by atoms with E-state index in [1.54, 1.807) is 0 Å². The molecule has 0 bridgehead atoms. The van der Waals surface area contributed by atoms with Crippen LogP contribution in [-0.2, 0) is 9.53 Å². The van der Waals surface area contributed by atoms with E-state index in [9.17, 15) is 4.79 Å². The summed E-state index contributed by atoms with van der Waals surface area (Å²) >= 11 is 0. The molecule has 16 heavy (non-hydrogen) atoms. The minimum Gasteiger partial charge on any atom is -0.367 e. The normalized spacial score (nSPS) is 27.8. The second kappa shape index (κ2) is 3.70. The highest BCUT2D eigenvalue weighted by molar-refractivity contribution is 5.79. The van der Waals surface area contributed by atoms with Crippen molar-refractivity contribution in [3.8, 4) is 0 Å². The average Bonchev–Trinajstić information content (AvgIpc) is 2.29. The van der Waals surface area contributed by atoms with E-state index in [4.69, 9.17) is 4.74 Å². The van der Waals surface area contributed by atoms with Gasteiger partial charge < -0.3 is 4.74 Å². The predicted octanol–water partition coefficient (Wildman–Crippen LogP) is 3.03. The lowest BCUT2D eigenvalue weighted by molar-refractivity contribution is -0.222. The first-order valence-electron chi connectivity index (χ1n) is 6.02. The Hall–Kier alpha value is -1.15. The van der Waals surface area contributed by atoms with E-state index < -0.39 is 0 Å². The summed E-state index contributed by atoms with van der Waals surface area (Å²) in [5, 5.41) is 0. The third kappa shape index (κ3) is 1.67. The molecule has 0 amide bonds. The summed E-state index contributed by atoms with van der Waals surface area (Å²) in [5.74, 6) is 0.400. The largest absolute Gasteiger partial charge is 0.367 e. The van der Waals surface area contributed by atoms with E-state index in [1.807, 2.05) is 18.2 Å². The van der Waals surface area contributed by atoms with Gasteiger partial charge in [0.1, 0.15) is 5.78 Å². The van der Waals surface area contributed by atoms with Gasteiger partial charge in [-0.05, 0) is 18.4 Å². The Kier molecular flexibility index (Phi) is 2.32. The zero-order chi connectivity index (χ0) is 11.0. The first-order valence-corrected chi connectivity index (χ1v) is 6.02. The molecule has 0 radical (unpaired) electrons. The molecule has 0 aromatic heterocycles. The molecule has 3 rings (SSSR count). The Morgan fingerprint density at radius 3 is 2.38 bits per heavy atom. The maximum Gasteiger partial charge on any atom is 0.133 e. The van der Waals surface area contributed by atoms with Crippen molar-refractivity contribution in [1.82, 2.24) is 0 Å². The fraction of sp³-hybridized carbons (Fsp3) is 0.500. The van der Waals surface area contributed by atoms with Gasteiger partial charge in [-0.2, -0.15) is 0 Å². The molecule has 1 aromatic carbocycles. The Bertz CT molecular complexity index is 378. The summed E-state index contributed by atoms with van der Waals surface area (Å²) in [4.78, 5) is 11.2. The number of hydrogen-bond acceptors (Lipinski definition) is 2. The van der Waals surface area contributed by atoms with Crippen LogP contribution in [0.3, 0.4) is 0 Å². The second-order valence-electron chi connectivity index (χ2n) is 4.94. The topological polar surface area (TPSA) is 26.3 Å². The molecular formula is C14H16O2. The molecule has 2 heteroatoms. The number of hydrogen-bond donors (Lipinski definition) is 0. The van der Waals surface area contributed by atoms with Crippen molar-refractivity contribution in [2.45, 2.75) is 43.8 Å². The summed E-state index contributed by atoms with van der Waals surface area (Å²) in [5.41, 5.74) is 1.30. The van der Waals surface area contributed by atoms with E-state index in [1.165, 1.54) is 5.56 Å². The van der Waals surface area contributed by atoms with Crippen molar-refractivity contribution in [3.05, 3.63) is 35.9 Å². The lowest BCUT2D eigenvalue weighted by atomic mass is 9.75. The molecule has 2 fully saturated rings. The number of carbonyl (C=O) groups is 1. The van der Waals surface area contributed by atoms with Crippen LogP contribution < -0.4 is 0 Å². The van der Waals surface area contributed by atoms with Crippen LogP contribution in [0, 0.1) is 0 Å². The monoisotopic (exact) mass is 216 g/mol. The molecule has 1 saturated heterocycles. The molecule has 2 aliphatic rings. The van der Waals surface area contributed by atoms with Crippen molar-refractivity contribution >= 4 is 5.78 Å². The molecule has 1 spiro atoms. The van der Waals surface area contributed by atoms with Crippen LogP contribution in [-0.4, -0.2) is 11.4 Å². The highest BCUT2D eigenvalue weighted by Gasteiger charge is 2.47. The SMILES string of the molecule is O=C1CCC2(CC1)C[C@H](c1ccccc1)O2. The minimum atomic E-state index is 0.0361. The minimum absolute atomic E-state index is 0.0361. The average molecular weight is 216 g/mol. The van der Waals surface area contributed by atoms with E-state index in [-0.39, 0.29) is 11.7 Å². The summed E-state index contributed by atoms with van der Waals surface area (Å²) in [6, 6.07) is 10.4. The molecule has 0 N–H and O–H groups in total. The fourth-order valence-corrected chi connectivity index (χ4v) is 2.79. The zero-order valence-corrected chi connectivity index (χ0v) is 9.32. The number of carbonyl (C=O) groups excluding carboxylic acids is 1. The van der Waals surface area contributed by atoms with E-state index in [2.05, 4.69) is 12.1 Å². The second-order valence-corrected chi connectivity index (χ2v) is 4.94. The molecule has 2 nitrogen and oxygen atoms in total. The first-order chi connectivity index (χ1) is 7.77. The molecule has 1 heterocycles. The smallest absolute Gasteiger partial charge is 0.133 e. The van der Waals surface area contributed by atoms with Crippen LogP contribution in [0.1, 0.15) is 43.8 Å². The third-order valence-corrected chi connectivity index (χ3v) is 3.84. The first kappa shape index (κ1) is 10.0. The van der Waals surface area contributed by atoms with Crippen molar-refractivity contribution in [2.75, 3.05) is 0 Å². The summed E-state index contributed by atoms with van der Waals surface area (Å²) in [6.07, 6.45) is 4.62. The third-order valence-electron chi connectivity index (χ3n) is 3.84. The Morgan fingerprint density at radius 1 is 1.12 bits per heavy atom. The van der Waals surface area contributed by atoms with Crippen molar-refractivity contribution in [2.24, 2.45) is 0 Å². The van der Waals surface area contributed by atoms with Crippen LogP contribution >= 0.6 is 0 Å². The number of Topliss-reactive ketones (excluding diaryl/α,β-unsaturated/α-hetero) is 1. The highest BCUT2D eigenvalue weighted by atomic mass is 16.5. The Balaban J connectivity index is 1.64. The summed E-state index contributed by atoms with van der Waals surface area (Å²) < 4.78 is 6.05. The van der Waals surface area contributed by atoms with Crippen molar-refractivity contribution in [3.63, 3.8) is 0 Å². The van der Waals surface area contributed by atoms with Gasteiger partial charge in [-0.3, -0.25) is 4.79 Å². The Labute approximate surface area is 95.6 Å². The Morgan fingerprint density at radius 2 is 1.75 bits per heavy atom. The van der Waals surface area contributed by atoms with Crippen LogP contribution in [0.25, 0.3) is 0 Å². The van der Waals surface area contributed by atoms with Crippen LogP contribution in [0.2, 0.25) is 0 Å². The fourth-order valence-electron chi connectivity index (χ4n) is 2.79. The molecular weight excluding hydrogens is 200 g/mol.